The molecule has 0 aliphatic heterocycles. The summed E-state index contributed by atoms with van der Waals surface area (Å²) in [5.41, 5.74) is 4.97. The van der Waals surface area contributed by atoms with Gasteiger partial charge >= 0.3 is 0 Å². The smallest absolute Gasteiger partial charge is 0.255 e. The van der Waals surface area contributed by atoms with Crippen molar-refractivity contribution in [2.45, 2.75) is 20.3 Å². The molecule has 0 aliphatic carbocycles. The van der Waals surface area contributed by atoms with E-state index in [9.17, 15) is 4.79 Å². The van der Waals surface area contributed by atoms with Gasteiger partial charge in [-0.2, -0.15) is 0 Å². The van der Waals surface area contributed by atoms with Crippen LogP contribution in [0.15, 0.2) is 72.8 Å². The summed E-state index contributed by atoms with van der Waals surface area (Å²) in [6.07, 6.45) is 0.847. The number of para-hydroxylation sites is 1. The number of nitrogens with zero attached hydrogens (tertiary/aromatic N) is 1. The predicted molar refractivity (Wildman–Crippen MR) is 129 cm³/mol. The lowest BCUT2D eigenvalue weighted by atomic mass is 10.1. The van der Waals surface area contributed by atoms with Gasteiger partial charge in [0.25, 0.3) is 5.91 Å². The molecule has 0 bridgehead atoms. The highest BCUT2D eigenvalue weighted by molar-refractivity contribution is 6.07. The largest absolute Gasteiger partial charge is 0.497 e. The fourth-order valence-corrected chi connectivity index (χ4v) is 3.69. The Hall–Kier alpha value is -3.86. The van der Waals surface area contributed by atoms with Gasteiger partial charge in [-0.15, -0.1) is 0 Å². The molecule has 5 heteroatoms. The van der Waals surface area contributed by atoms with E-state index in [0.717, 1.165) is 45.6 Å². The lowest BCUT2D eigenvalue weighted by Crippen LogP contribution is -2.13. The second kappa shape index (κ2) is 9.52. The number of hydrogen-bond acceptors (Lipinski definition) is 4. The quantitative estimate of drug-likeness (QED) is 0.386. The summed E-state index contributed by atoms with van der Waals surface area (Å²) < 4.78 is 11.3. The summed E-state index contributed by atoms with van der Waals surface area (Å²) in [6, 6.07) is 23.0. The third-order valence-electron chi connectivity index (χ3n) is 5.34. The summed E-state index contributed by atoms with van der Waals surface area (Å²) in [5, 5.41) is 3.83. The maximum Gasteiger partial charge on any atom is 0.255 e. The average Bonchev–Trinajstić information content (AvgIpc) is 2.84. The lowest BCUT2D eigenvalue weighted by Gasteiger charge is -2.13. The van der Waals surface area contributed by atoms with E-state index in [2.05, 4.69) is 12.2 Å². The van der Waals surface area contributed by atoms with Crippen LogP contribution >= 0.6 is 0 Å². The number of methoxy groups -OCH3 is 1. The van der Waals surface area contributed by atoms with Crippen LogP contribution in [0.3, 0.4) is 0 Å². The third kappa shape index (κ3) is 4.42. The minimum atomic E-state index is -0.160. The normalized spacial score (nSPS) is 10.7. The van der Waals surface area contributed by atoms with Crippen LogP contribution in [0.25, 0.3) is 22.2 Å². The van der Waals surface area contributed by atoms with Gasteiger partial charge in [0, 0.05) is 28.3 Å². The van der Waals surface area contributed by atoms with E-state index < -0.39 is 0 Å². The van der Waals surface area contributed by atoms with Crippen LogP contribution in [-0.2, 0) is 6.42 Å². The number of hydrogen-bond donors (Lipinski definition) is 1. The van der Waals surface area contributed by atoms with Gasteiger partial charge in [-0.25, -0.2) is 4.98 Å². The zero-order valence-corrected chi connectivity index (χ0v) is 18.5. The summed E-state index contributed by atoms with van der Waals surface area (Å²) in [5.74, 6) is 1.30. The van der Waals surface area contributed by atoms with Crippen molar-refractivity contribution in [3.8, 4) is 22.8 Å². The second-order valence-electron chi connectivity index (χ2n) is 7.37. The topological polar surface area (TPSA) is 60.5 Å². The van der Waals surface area contributed by atoms with Crippen LogP contribution in [-0.4, -0.2) is 24.6 Å². The van der Waals surface area contributed by atoms with Gasteiger partial charge in [0.05, 0.1) is 24.9 Å². The van der Waals surface area contributed by atoms with E-state index in [0.29, 0.717) is 17.9 Å². The number of nitrogens with one attached hydrogen (secondary N) is 1. The number of fused-ring (bicyclic) bond motifs is 1. The number of pyridine rings is 1. The van der Waals surface area contributed by atoms with Gasteiger partial charge in [0.15, 0.2) is 0 Å². The van der Waals surface area contributed by atoms with Crippen molar-refractivity contribution < 1.29 is 14.3 Å². The molecule has 1 amide bonds. The van der Waals surface area contributed by atoms with Gasteiger partial charge in [0.1, 0.15) is 11.5 Å². The van der Waals surface area contributed by atoms with Crippen LogP contribution < -0.4 is 14.8 Å². The number of aryl methyl sites for hydroxylation is 1. The standard InChI is InChI=1S/C27H26N2O3/c1-4-18-9-6-7-12-23(18)29-27(30)20-13-14-24-22(16-20)26(32-5-2)17-25(28-24)19-10-8-11-21(15-19)31-3/h6-17H,4-5H2,1-3H3,(H,29,30). The molecule has 32 heavy (non-hydrogen) atoms. The Labute approximate surface area is 188 Å². The summed E-state index contributed by atoms with van der Waals surface area (Å²) >= 11 is 0. The predicted octanol–water partition coefficient (Wildman–Crippen LogP) is 6.12. The van der Waals surface area contributed by atoms with Crippen LogP contribution in [0.5, 0.6) is 11.5 Å². The molecule has 0 fully saturated rings. The highest BCUT2D eigenvalue weighted by atomic mass is 16.5. The number of amides is 1. The summed E-state index contributed by atoms with van der Waals surface area (Å²) in [4.78, 5) is 17.8. The first-order valence-corrected chi connectivity index (χ1v) is 10.7. The van der Waals surface area contributed by atoms with Gasteiger partial charge in [-0.1, -0.05) is 37.3 Å². The number of rotatable bonds is 7. The maximum absolute atomic E-state index is 13.0. The molecular formula is C27H26N2O3. The van der Waals surface area contributed by atoms with Crippen molar-refractivity contribution in [1.29, 1.82) is 0 Å². The van der Waals surface area contributed by atoms with Gasteiger partial charge < -0.3 is 14.8 Å². The highest BCUT2D eigenvalue weighted by Gasteiger charge is 2.14. The van der Waals surface area contributed by atoms with E-state index in [4.69, 9.17) is 14.5 Å². The van der Waals surface area contributed by atoms with Crippen LogP contribution in [0.1, 0.15) is 29.8 Å². The van der Waals surface area contributed by atoms with Crippen molar-refractivity contribution in [1.82, 2.24) is 4.98 Å². The molecule has 4 aromatic rings. The van der Waals surface area contributed by atoms with Crippen LogP contribution in [0.4, 0.5) is 5.69 Å². The highest BCUT2D eigenvalue weighted by Crippen LogP contribution is 2.32. The molecule has 0 saturated carbocycles. The Morgan fingerprint density at radius 2 is 1.81 bits per heavy atom. The number of ether oxygens (including phenoxy) is 2. The van der Waals surface area contributed by atoms with Gasteiger partial charge in [-0.3, -0.25) is 4.79 Å². The molecule has 3 aromatic carbocycles. The first-order chi connectivity index (χ1) is 15.6. The molecule has 0 aliphatic rings. The Balaban J connectivity index is 1.73. The molecule has 0 saturated heterocycles. The number of carbonyl (C=O) groups is 1. The lowest BCUT2D eigenvalue weighted by molar-refractivity contribution is 0.102. The third-order valence-corrected chi connectivity index (χ3v) is 5.34. The molecule has 1 N–H and O–H groups in total. The Morgan fingerprint density at radius 3 is 2.59 bits per heavy atom. The van der Waals surface area contributed by atoms with Crippen molar-refractivity contribution in [3.63, 3.8) is 0 Å². The fraction of sp³-hybridized carbons (Fsp3) is 0.185. The SMILES string of the molecule is CCOc1cc(-c2cccc(OC)c2)nc2ccc(C(=O)Nc3ccccc3CC)cc12. The van der Waals surface area contributed by atoms with Crippen molar-refractivity contribution in [2.24, 2.45) is 0 Å². The molecule has 1 heterocycles. The Kier molecular flexibility index (Phi) is 6.36. The minimum absolute atomic E-state index is 0.160. The van der Waals surface area contributed by atoms with E-state index in [-0.39, 0.29) is 5.91 Å². The van der Waals surface area contributed by atoms with Gasteiger partial charge in [0.2, 0.25) is 0 Å². The Morgan fingerprint density at radius 1 is 0.969 bits per heavy atom. The van der Waals surface area contributed by atoms with E-state index in [1.165, 1.54) is 0 Å². The zero-order chi connectivity index (χ0) is 22.5. The number of anilines is 1. The molecule has 0 radical (unpaired) electrons. The first-order valence-electron chi connectivity index (χ1n) is 10.7. The van der Waals surface area contributed by atoms with Crippen LogP contribution in [0, 0.1) is 0 Å². The molecular weight excluding hydrogens is 400 g/mol. The zero-order valence-electron chi connectivity index (χ0n) is 18.5. The molecule has 5 nitrogen and oxygen atoms in total. The first kappa shape index (κ1) is 21.4. The number of carbonyl (C=O) groups excluding carboxylic acids is 1. The van der Waals surface area contributed by atoms with Crippen molar-refractivity contribution in [2.75, 3.05) is 19.0 Å². The summed E-state index contributed by atoms with van der Waals surface area (Å²) in [7, 11) is 1.64. The Bertz CT molecular complexity index is 1270. The minimum Gasteiger partial charge on any atom is -0.497 e. The average molecular weight is 427 g/mol. The number of aromatic nitrogens is 1. The van der Waals surface area contributed by atoms with Gasteiger partial charge in [-0.05, 0) is 55.3 Å². The number of benzene rings is 3. The van der Waals surface area contributed by atoms with E-state index in [1.807, 2.05) is 73.7 Å². The monoisotopic (exact) mass is 426 g/mol. The molecule has 0 spiro atoms. The summed E-state index contributed by atoms with van der Waals surface area (Å²) in [6.45, 7) is 4.52. The molecule has 0 unspecified atom stereocenters. The molecule has 0 atom stereocenters. The van der Waals surface area contributed by atoms with E-state index in [1.54, 1.807) is 13.2 Å². The molecule has 162 valence electrons. The van der Waals surface area contributed by atoms with Crippen LogP contribution in [0.2, 0.25) is 0 Å². The fourth-order valence-electron chi connectivity index (χ4n) is 3.69. The van der Waals surface area contributed by atoms with Crippen molar-refractivity contribution >= 4 is 22.5 Å². The second-order valence-corrected chi connectivity index (χ2v) is 7.37. The van der Waals surface area contributed by atoms with Crippen molar-refractivity contribution in [3.05, 3.63) is 83.9 Å². The molecule has 4 rings (SSSR count). The molecule has 1 aromatic heterocycles. The maximum atomic E-state index is 13.0. The van der Waals surface area contributed by atoms with E-state index >= 15 is 0 Å².